The van der Waals surface area contributed by atoms with Crippen molar-refractivity contribution in [2.24, 2.45) is 0 Å². The van der Waals surface area contributed by atoms with Crippen LogP contribution in [0.15, 0.2) is 133 Å². The largest absolute Gasteiger partial charge is 0.348 e. The highest BCUT2D eigenvalue weighted by Crippen LogP contribution is 2.47. The number of fused-ring (bicyclic) bond motifs is 2. The van der Waals surface area contributed by atoms with E-state index in [-0.39, 0.29) is 23.7 Å². The maximum atomic E-state index is 13.6. The minimum atomic E-state index is -0.813. The van der Waals surface area contributed by atoms with E-state index in [0.717, 1.165) is 75.6 Å². The number of H-pyrrole nitrogens is 1. The zero-order chi connectivity index (χ0) is 35.1. The number of carbonyl (C=O) groups excluding carboxylic acids is 1. The number of amides is 1. The summed E-state index contributed by atoms with van der Waals surface area (Å²) < 4.78 is 14.5. The molecule has 1 aliphatic heterocycles. The second kappa shape index (κ2) is 13.2. The van der Waals surface area contributed by atoms with Crippen LogP contribution in [0.1, 0.15) is 83.1 Å². The number of imidazole rings is 1. The molecule has 1 amide bonds. The van der Waals surface area contributed by atoms with E-state index in [1.54, 1.807) is 0 Å². The molecular weight excluding hydrogens is 647 g/mol. The fourth-order valence-electron chi connectivity index (χ4n) is 8.42. The number of hydrogen-bond donors (Lipinski definition) is 2. The topological polar surface area (TPSA) is 94.1 Å². The van der Waals surface area contributed by atoms with Gasteiger partial charge in [-0.3, -0.25) is 4.79 Å². The van der Waals surface area contributed by atoms with Crippen molar-refractivity contribution in [3.05, 3.63) is 167 Å². The molecule has 9 rings (SSSR count). The molecule has 0 unspecified atom stereocenters. The predicted octanol–water partition coefficient (Wildman–Crippen LogP) is 8.64. The van der Waals surface area contributed by atoms with Gasteiger partial charge in [-0.15, -0.1) is 0 Å². The van der Waals surface area contributed by atoms with Crippen LogP contribution < -0.4 is 5.32 Å². The molecule has 7 aromatic rings. The zero-order valence-corrected chi connectivity index (χ0v) is 29.2. The van der Waals surface area contributed by atoms with Crippen molar-refractivity contribution in [2.45, 2.75) is 55.9 Å². The fourth-order valence-corrected chi connectivity index (χ4v) is 8.42. The third-order valence-corrected chi connectivity index (χ3v) is 11.0. The van der Waals surface area contributed by atoms with Gasteiger partial charge < -0.3 is 19.8 Å². The molecule has 2 N–H and O–H groups in total. The van der Waals surface area contributed by atoms with Crippen LogP contribution in [0.25, 0.3) is 21.9 Å². The minimum Gasteiger partial charge on any atom is -0.348 e. The van der Waals surface area contributed by atoms with Crippen LogP contribution in [0.3, 0.4) is 0 Å². The van der Waals surface area contributed by atoms with Gasteiger partial charge in [0.15, 0.2) is 11.6 Å². The summed E-state index contributed by atoms with van der Waals surface area (Å²) in [5, 5.41) is 9.83. The number of benzene rings is 5. The van der Waals surface area contributed by atoms with Crippen LogP contribution in [-0.2, 0) is 15.0 Å². The number of hydrogen-bond acceptors (Lipinski definition) is 5. The summed E-state index contributed by atoms with van der Waals surface area (Å²) in [5.41, 5.74) is 7.00. The summed E-state index contributed by atoms with van der Waals surface area (Å²) >= 11 is 0. The Morgan fingerprint density at radius 3 is 1.90 bits per heavy atom. The van der Waals surface area contributed by atoms with E-state index in [1.807, 2.05) is 37.3 Å². The Bertz CT molecular complexity index is 2220. The molecule has 1 atom stereocenters. The molecule has 52 heavy (non-hydrogen) atoms. The van der Waals surface area contributed by atoms with E-state index >= 15 is 0 Å². The van der Waals surface area contributed by atoms with E-state index in [0.29, 0.717) is 13.2 Å². The maximum Gasteiger partial charge on any atom is 0.287 e. The molecule has 1 saturated heterocycles. The molecule has 8 nitrogen and oxygen atoms in total. The zero-order valence-electron chi connectivity index (χ0n) is 29.2. The van der Waals surface area contributed by atoms with Crippen LogP contribution in [0.4, 0.5) is 0 Å². The summed E-state index contributed by atoms with van der Waals surface area (Å²) in [6, 6.07) is 45.9. The SMILES string of the molecule is C[C@@H](NC(=O)c1nc2cc3c(C4CCC5(CC4)OCCO5)nn(C(c4ccccc4)(c4ccccc4)c4ccccc4)c3cc2[nH]1)c1ccccc1. The van der Waals surface area contributed by atoms with Gasteiger partial charge in [0.1, 0.15) is 5.54 Å². The fraction of sp³-hybridized carbons (Fsp3) is 0.250. The molecule has 0 bridgehead atoms. The number of ether oxygens (including phenoxy) is 2. The molecule has 1 aliphatic carbocycles. The van der Waals surface area contributed by atoms with Gasteiger partial charge in [0.2, 0.25) is 0 Å². The first-order chi connectivity index (χ1) is 25.5. The van der Waals surface area contributed by atoms with Gasteiger partial charge in [0.05, 0.1) is 41.5 Å². The van der Waals surface area contributed by atoms with Gasteiger partial charge in [0, 0.05) is 24.1 Å². The van der Waals surface area contributed by atoms with Crippen LogP contribution >= 0.6 is 0 Å². The smallest absolute Gasteiger partial charge is 0.287 e. The van der Waals surface area contributed by atoms with E-state index in [9.17, 15) is 4.79 Å². The third kappa shape index (κ3) is 5.50. The lowest BCUT2D eigenvalue weighted by atomic mass is 9.77. The molecule has 2 aromatic heterocycles. The Morgan fingerprint density at radius 1 is 0.808 bits per heavy atom. The average molecular weight is 688 g/mol. The number of aromatic nitrogens is 4. The molecule has 2 aliphatic rings. The highest BCUT2D eigenvalue weighted by Gasteiger charge is 2.44. The molecular formula is C44H41N5O3. The van der Waals surface area contributed by atoms with Gasteiger partial charge in [-0.2, -0.15) is 5.10 Å². The van der Waals surface area contributed by atoms with Crippen molar-refractivity contribution >= 4 is 27.8 Å². The van der Waals surface area contributed by atoms with Gasteiger partial charge in [0.25, 0.3) is 5.91 Å². The first-order valence-corrected chi connectivity index (χ1v) is 18.3. The lowest BCUT2D eigenvalue weighted by Crippen LogP contribution is -2.39. The number of nitrogens with zero attached hydrogens (tertiary/aromatic N) is 3. The van der Waals surface area contributed by atoms with Crippen molar-refractivity contribution in [1.29, 1.82) is 0 Å². The maximum absolute atomic E-state index is 13.6. The van der Waals surface area contributed by atoms with Gasteiger partial charge in [-0.05, 0) is 54.2 Å². The van der Waals surface area contributed by atoms with Crippen LogP contribution in [-0.4, -0.2) is 44.7 Å². The number of rotatable bonds is 8. The number of carbonyl (C=O) groups is 1. The standard InChI is InChI=1S/C44H41N5O3/c1-30(31-14-6-2-7-15-31)45-42(50)41-46-37-28-36-39(29-38(37)47-41)49(48-40(36)32-22-24-43(25-23-32)51-26-27-52-43)44(33-16-8-3-9-17-33,34-18-10-4-11-19-34)35-20-12-5-13-21-35/h2-21,28-30,32H,22-27H2,1H3,(H,45,50)(H,46,47)/t30-/m1/s1. The van der Waals surface area contributed by atoms with Crippen molar-refractivity contribution in [3.8, 4) is 0 Å². The third-order valence-electron chi connectivity index (χ3n) is 11.0. The van der Waals surface area contributed by atoms with Gasteiger partial charge >= 0.3 is 0 Å². The lowest BCUT2D eigenvalue weighted by Gasteiger charge is -2.37. The van der Waals surface area contributed by atoms with E-state index in [2.05, 4.69) is 118 Å². The summed E-state index contributed by atoms with van der Waals surface area (Å²) in [4.78, 5) is 21.8. The second-order valence-corrected chi connectivity index (χ2v) is 14.1. The quantitative estimate of drug-likeness (QED) is 0.156. The van der Waals surface area contributed by atoms with Crippen molar-refractivity contribution < 1.29 is 14.3 Å². The number of nitrogens with one attached hydrogen (secondary N) is 2. The molecule has 260 valence electrons. The van der Waals surface area contributed by atoms with E-state index < -0.39 is 11.3 Å². The lowest BCUT2D eigenvalue weighted by molar-refractivity contribution is -0.178. The normalized spacial score (nSPS) is 16.8. The molecule has 2 fully saturated rings. The van der Waals surface area contributed by atoms with Crippen molar-refractivity contribution in [3.63, 3.8) is 0 Å². The molecule has 5 aromatic carbocycles. The minimum absolute atomic E-state index is 0.174. The number of aromatic amines is 1. The molecule has 3 heterocycles. The Kier molecular flexibility index (Phi) is 8.21. The predicted molar refractivity (Wildman–Crippen MR) is 202 cm³/mol. The van der Waals surface area contributed by atoms with Crippen molar-refractivity contribution in [2.75, 3.05) is 13.2 Å². The van der Waals surface area contributed by atoms with Crippen LogP contribution in [0.2, 0.25) is 0 Å². The summed E-state index contributed by atoms with van der Waals surface area (Å²) in [7, 11) is 0. The Labute approximate surface area is 302 Å². The molecule has 1 saturated carbocycles. The van der Waals surface area contributed by atoms with Gasteiger partial charge in [-0.25, -0.2) is 9.67 Å². The van der Waals surface area contributed by atoms with Crippen LogP contribution in [0, 0.1) is 0 Å². The average Bonchev–Trinajstić information content (AvgIpc) is 3.94. The Morgan fingerprint density at radius 2 is 1.35 bits per heavy atom. The summed E-state index contributed by atoms with van der Waals surface area (Å²) in [6.45, 7) is 3.28. The van der Waals surface area contributed by atoms with E-state index in [1.165, 1.54) is 0 Å². The molecule has 8 heteroatoms. The van der Waals surface area contributed by atoms with Gasteiger partial charge in [-0.1, -0.05) is 121 Å². The Balaban J connectivity index is 1.25. The van der Waals surface area contributed by atoms with E-state index in [4.69, 9.17) is 19.6 Å². The summed E-state index contributed by atoms with van der Waals surface area (Å²) in [6.07, 6.45) is 3.43. The first-order valence-electron chi connectivity index (χ1n) is 18.3. The highest BCUT2D eigenvalue weighted by atomic mass is 16.7. The summed E-state index contributed by atoms with van der Waals surface area (Å²) in [5.74, 6) is -0.263. The van der Waals surface area contributed by atoms with Crippen LogP contribution in [0.5, 0.6) is 0 Å². The Hall–Kier alpha value is -5.57. The first kappa shape index (κ1) is 32.3. The monoisotopic (exact) mass is 687 g/mol. The molecule has 1 spiro atoms. The molecule has 0 radical (unpaired) electrons. The second-order valence-electron chi connectivity index (χ2n) is 14.1. The van der Waals surface area contributed by atoms with Crippen molar-refractivity contribution in [1.82, 2.24) is 25.1 Å². The highest BCUT2D eigenvalue weighted by molar-refractivity contribution is 5.99.